The van der Waals surface area contributed by atoms with Crippen LogP contribution in [0.3, 0.4) is 0 Å². The molecule has 2 aromatic rings. The highest BCUT2D eigenvalue weighted by molar-refractivity contribution is 6.30. The van der Waals surface area contributed by atoms with Crippen molar-refractivity contribution in [2.24, 2.45) is 0 Å². The molecular weight excluding hydrogens is 372 g/mol. The monoisotopic (exact) mass is 398 g/mol. The highest BCUT2D eigenvalue weighted by Crippen LogP contribution is 2.27. The highest BCUT2D eigenvalue weighted by atomic mass is 35.5. The number of likely N-dealkylation sites (tertiary alicyclic amines) is 1. The van der Waals surface area contributed by atoms with E-state index in [4.69, 9.17) is 11.6 Å². The predicted molar refractivity (Wildman–Crippen MR) is 115 cm³/mol. The number of H-pyrrole nitrogens is 1. The molecule has 1 saturated heterocycles. The fourth-order valence-corrected chi connectivity index (χ4v) is 3.52. The van der Waals surface area contributed by atoms with Crippen molar-refractivity contribution in [3.8, 4) is 0 Å². The van der Waals surface area contributed by atoms with Crippen molar-refractivity contribution in [3.05, 3.63) is 74.7 Å². The maximum absolute atomic E-state index is 12.9. The van der Waals surface area contributed by atoms with E-state index in [2.05, 4.69) is 37.9 Å². The molecule has 1 aliphatic rings. The number of aromatic nitrogens is 1. The molecule has 0 atom stereocenters. The number of halogens is 1. The molecule has 4 nitrogen and oxygen atoms in total. The van der Waals surface area contributed by atoms with Gasteiger partial charge in [0.1, 0.15) is 5.02 Å². The second kappa shape index (κ2) is 8.36. The van der Waals surface area contributed by atoms with Crippen LogP contribution in [0.25, 0.3) is 5.57 Å². The Bertz CT molecular complexity index is 930. The van der Waals surface area contributed by atoms with Crippen molar-refractivity contribution in [1.82, 2.24) is 9.88 Å². The van der Waals surface area contributed by atoms with E-state index in [0.29, 0.717) is 11.3 Å². The molecule has 148 valence electrons. The molecule has 0 saturated carbocycles. The van der Waals surface area contributed by atoms with Gasteiger partial charge < -0.3 is 9.88 Å². The summed E-state index contributed by atoms with van der Waals surface area (Å²) in [6.07, 6.45) is 4.87. The number of carbonyl (C=O) groups excluding carboxylic acids is 1. The zero-order chi connectivity index (χ0) is 20.3. The average Bonchev–Trinajstić information content (AvgIpc) is 2.68. The van der Waals surface area contributed by atoms with Crippen LogP contribution in [0.2, 0.25) is 5.02 Å². The zero-order valence-corrected chi connectivity index (χ0v) is 17.5. The molecule has 28 heavy (non-hydrogen) atoms. The molecule has 5 heteroatoms. The summed E-state index contributed by atoms with van der Waals surface area (Å²) in [5.74, 6) is -0.0228. The second-order valence-corrected chi connectivity index (χ2v) is 8.73. The lowest BCUT2D eigenvalue weighted by molar-refractivity contribution is -0.126. The number of hydrogen-bond donors (Lipinski definition) is 1. The number of pyridine rings is 1. The Morgan fingerprint density at radius 1 is 1.04 bits per heavy atom. The van der Waals surface area contributed by atoms with Gasteiger partial charge in [-0.25, -0.2) is 0 Å². The third kappa shape index (κ3) is 4.74. The molecule has 1 aromatic heterocycles. The van der Waals surface area contributed by atoms with Gasteiger partial charge in [0.05, 0.1) is 0 Å². The van der Waals surface area contributed by atoms with Crippen molar-refractivity contribution < 1.29 is 4.79 Å². The summed E-state index contributed by atoms with van der Waals surface area (Å²) < 4.78 is 0. The van der Waals surface area contributed by atoms with Crippen LogP contribution in [0.1, 0.15) is 56.9 Å². The first-order valence-electron chi connectivity index (χ1n) is 9.76. The Morgan fingerprint density at radius 3 is 2.25 bits per heavy atom. The molecular formula is C23H27ClN2O2. The molecule has 3 rings (SSSR count). The fraction of sp³-hybridized carbons (Fsp3) is 0.391. The molecule has 1 N–H and O–H groups in total. The van der Waals surface area contributed by atoms with Crippen molar-refractivity contribution in [2.75, 3.05) is 13.1 Å². The lowest BCUT2D eigenvalue weighted by atomic mass is 9.86. The smallest absolute Gasteiger partial charge is 0.267 e. The lowest BCUT2D eigenvalue weighted by Gasteiger charge is -2.26. The van der Waals surface area contributed by atoms with Crippen LogP contribution in [0.4, 0.5) is 0 Å². The normalized spacial score (nSPS) is 15.6. The van der Waals surface area contributed by atoms with Gasteiger partial charge in [0, 0.05) is 30.4 Å². The molecule has 1 fully saturated rings. The van der Waals surface area contributed by atoms with E-state index in [-0.39, 0.29) is 21.9 Å². The van der Waals surface area contributed by atoms with Gasteiger partial charge >= 0.3 is 0 Å². The van der Waals surface area contributed by atoms with Gasteiger partial charge in [-0.05, 0) is 47.9 Å². The van der Waals surface area contributed by atoms with E-state index in [1.807, 2.05) is 17.0 Å². The largest absolute Gasteiger partial charge is 0.339 e. The number of carbonyl (C=O) groups is 1. The number of nitrogens with zero attached hydrogens (tertiary/aromatic N) is 1. The van der Waals surface area contributed by atoms with Gasteiger partial charge in [0.25, 0.3) is 5.56 Å². The average molecular weight is 399 g/mol. The summed E-state index contributed by atoms with van der Waals surface area (Å²) in [6, 6.07) is 11.5. The van der Waals surface area contributed by atoms with E-state index < -0.39 is 0 Å². The summed E-state index contributed by atoms with van der Waals surface area (Å²) in [6.45, 7) is 8.05. The van der Waals surface area contributed by atoms with Crippen LogP contribution < -0.4 is 5.56 Å². The number of nitrogens with one attached hydrogen (secondary N) is 1. The number of benzene rings is 1. The topological polar surface area (TPSA) is 53.2 Å². The van der Waals surface area contributed by atoms with Crippen molar-refractivity contribution >= 4 is 23.1 Å². The van der Waals surface area contributed by atoms with Gasteiger partial charge in [-0.2, -0.15) is 0 Å². The Morgan fingerprint density at radius 2 is 1.68 bits per heavy atom. The zero-order valence-electron chi connectivity index (χ0n) is 16.7. The second-order valence-electron chi connectivity index (χ2n) is 8.32. The maximum atomic E-state index is 12.9. The van der Waals surface area contributed by atoms with Gasteiger partial charge in [-0.1, -0.05) is 56.6 Å². The minimum Gasteiger partial charge on any atom is -0.339 e. The summed E-state index contributed by atoms with van der Waals surface area (Å²) in [4.78, 5) is 29.6. The third-order valence-corrected chi connectivity index (χ3v) is 5.45. The van der Waals surface area contributed by atoms with Gasteiger partial charge in [-0.15, -0.1) is 0 Å². The predicted octanol–water partition coefficient (Wildman–Crippen LogP) is 4.77. The summed E-state index contributed by atoms with van der Waals surface area (Å²) >= 11 is 5.89. The molecule has 1 amide bonds. The van der Waals surface area contributed by atoms with Crippen molar-refractivity contribution in [3.63, 3.8) is 0 Å². The number of amides is 1. The van der Waals surface area contributed by atoms with Crippen LogP contribution >= 0.6 is 11.6 Å². The van der Waals surface area contributed by atoms with Crippen LogP contribution in [0, 0.1) is 0 Å². The van der Waals surface area contributed by atoms with Crippen LogP contribution in [0.5, 0.6) is 0 Å². The van der Waals surface area contributed by atoms with E-state index >= 15 is 0 Å². The van der Waals surface area contributed by atoms with E-state index in [1.54, 1.807) is 18.2 Å². The number of rotatable bonds is 3. The first kappa shape index (κ1) is 20.4. The summed E-state index contributed by atoms with van der Waals surface area (Å²) in [7, 11) is 0. The van der Waals surface area contributed by atoms with Crippen molar-refractivity contribution in [1.29, 1.82) is 0 Å². The first-order chi connectivity index (χ1) is 13.3. The summed E-state index contributed by atoms with van der Waals surface area (Å²) in [5, 5.41) is 0.133. The first-order valence-corrected chi connectivity index (χ1v) is 10.1. The third-order valence-electron chi connectivity index (χ3n) is 5.15. The fourth-order valence-electron chi connectivity index (χ4n) is 3.41. The molecule has 0 unspecified atom stereocenters. The molecule has 0 radical (unpaired) electrons. The SMILES string of the molecule is CC(C)(C)c1ccc(/C(=C\C(=O)N2CCCCC2)c2ccc(Cl)c(=O)[nH]2)cc1. The Kier molecular flexibility index (Phi) is 6.09. The minimum atomic E-state index is -0.359. The molecule has 2 heterocycles. The highest BCUT2D eigenvalue weighted by Gasteiger charge is 2.18. The van der Waals surface area contributed by atoms with Gasteiger partial charge in [0.15, 0.2) is 0 Å². The Balaban J connectivity index is 2.03. The standard InChI is InChI=1S/C23H27ClN2O2/c1-23(2,3)17-9-7-16(8-10-17)18(20-12-11-19(24)22(28)25-20)15-21(27)26-13-5-4-6-14-26/h7-12,15H,4-6,13-14H2,1-3H3,(H,25,28)/b18-15+. The molecule has 0 aliphatic carbocycles. The molecule has 1 aliphatic heterocycles. The number of piperidine rings is 1. The van der Waals surface area contributed by atoms with Crippen LogP contribution in [-0.2, 0) is 10.2 Å². The van der Waals surface area contributed by atoms with Crippen LogP contribution in [0.15, 0.2) is 47.3 Å². The van der Waals surface area contributed by atoms with Gasteiger partial charge in [0.2, 0.25) is 5.91 Å². The van der Waals surface area contributed by atoms with E-state index in [1.165, 1.54) is 12.0 Å². The molecule has 0 bridgehead atoms. The Labute approximate surface area is 171 Å². The van der Waals surface area contributed by atoms with E-state index in [9.17, 15) is 9.59 Å². The number of hydrogen-bond acceptors (Lipinski definition) is 2. The summed E-state index contributed by atoms with van der Waals surface area (Å²) in [5.41, 5.74) is 3.06. The van der Waals surface area contributed by atoms with Crippen LogP contribution in [-0.4, -0.2) is 28.9 Å². The van der Waals surface area contributed by atoms with Crippen molar-refractivity contribution in [2.45, 2.75) is 45.4 Å². The lowest BCUT2D eigenvalue weighted by Crippen LogP contribution is -2.34. The molecule has 1 aromatic carbocycles. The van der Waals surface area contributed by atoms with Gasteiger partial charge in [-0.3, -0.25) is 9.59 Å². The molecule has 0 spiro atoms. The number of aromatic amines is 1. The van der Waals surface area contributed by atoms with E-state index in [0.717, 1.165) is 31.5 Å². The maximum Gasteiger partial charge on any atom is 0.267 e. The minimum absolute atomic E-state index is 0.0228. The quantitative estimate of drug-likeness (QED) is 0.757. The Hall–Kier alpha value is -2.33.